The molecular formula is C21H25N3O3S. The predicted molar refractivity (Wildman–Crippen MR) is 112 cm³/mol. The first kappa shape index (κ1) is 20.2. The van der Waals surface area contributed by atoms with Gasteiger partial charge in [-0.3, -0.25) is 4.79 Å². The van der Waals surface area contributed by atoms with Crippen LogP contribution in [-0.4, -0.2) is 36.1 Å². The van der Waals surface area contributed by atoms with Crippen LogP contribution < -0.4 is 5.56 Å². The first-order valence-electron chi connectivity index (χ1n) is 9.30. The highest BCUT2D eigenvalue weighted by molar-refractivity contribution is 7.89. The second-order valence-corrected chi connectivity index (χ2v) is 9.00. The number of aryl methyl sites for hydroxylation is 2. The molecule has 7 heteroatoms. The molecule has 6 nitrogen and oxygen atoms in total. The van der Waals surface area contributed by atoms with Gasteiger partial charge in [0.15, 0.2) is 0 Å². The van der Waals surface area contributed by atoms with Crippen LogP contribution in [0, 0.1) is 6.92 Å². The van der Waals surface area contributed by atoms with Crippen molar-refractivity contribution in [2.45, 2.75) is 31.6 Å². The Bertz CT molecular complexity index is 1180. The van der Waals surface area contributed by atoms with Crippen LogP contribution in [-0.2, 0) is 17.1 Å². The molecule has 0 aliphatic heterocycles. The van der Waals surface area contributed by atoms with Crippen molar-refractivity contribution in [3.63, 3.8) is 0 Å². The lowest BCUT2D eigenvalue weighted by Crippen LogP contribution is -2.28. The van der Waals surface area contributed by atoms with E-state index < -0.39 is 10.0 Å². The summed E-state index contributed by atoms with van der Waals surface area (Å²) in [5.74, 6) is 0. The SMILES string of the molecule is CCCCN(C)S(=O)(=O)c1cc(-c2nn(C)c(=O)c3ccccc23)ccc1C. The summed E-state index contributed by atoms with van der Waals surface area (Å²) in [6.07, 6.45) is 1.73. The van der Waals surface area contributed by atoms with E-state index in [2.05, 4.69) is 5.10 Å². The van der Waals surface area contributed by atoms with Crippen LogP contribution in [0.2, 0.25) is 0 Å². The van der Waals surface area contributed by atoms with Crippen LogP contribution in [0.3, 0.4) is 0 Å². The molecule has 0 atom stereocenters. The third-order valence-electron chi connectivity index (χ3n) is 4.93. The summed E-state index contributed by atoms with van der Waals surface area (Å²) in [7, 11) is -0.399. The van der Waals surface area contributed by atoms with E-state index in [-0.39, 0.29) is 10.5 Å². The fourth-order valence-corrected chi connectivity index (χ4v) is 4.66. The molecule has 0 fully saturated rings. The lowest BCUT2D eigenvalue weighted by atomic mass is 10.0. The minimum absolute atomic E-state index is 0.182. The number of nitrogens with zero attached hydrogens (tertiary/aromatic N) is 3. The molecule has 1 heterocycles. The Morgan fingerprint density at radius 2 is 1.79 bits per heavy atom. The maximum absolute atomic E-state index is 13.1. The predicted octanol–water partition coefficient (Wildman–Crippen LogP) is 3.33. The van der Waals surface area contributed by atoms with E-state index in [9.17, 15) is 13.2 Å². The molecule has 0 saturated heterocycles. The van der Waals surface area contributed by atoms with E-state index in [1.54, 1.807) is 45.3 Å². The maximum atomic E-state index is 13.1. The summed E-state index contributed by atoms with van der Waals surface area (Å²) in [5.41, 5.74) is 1.75. The highest BCUT2D eigenvalue weighted by Crippen LogP contribution is 2.29. The summed E-state index contributed by atoms with van der Waals surface area (Å²) in [4.78, 5) is 12.6. The number of fused-ring (bicyclic) bond motifs is 1. The minimum atomic E-state index is -3.61. The number of unbranched alkanes of at least 4 members (excludes halogenated alkanes) is 1. The number of hydrogen-bond donors (Lipinski definition) is 0. The molecule has 0 radical (unpaired) electrons. The molecule has 0 amide bonds. The average Bonchev–Trinajstić information content (AvgIpc) is 2.69. The largest absolute Gasteiger partial charge is 0.274 e. The normalized spacial score (nSPS) is 12.0. The first-order chi connectivity index (χ1) is 13.3. The topological polar surface area (TPSA) is 72.3 Å². The molecule has 0 aliphatic rings. The summed E-state index contributed by atoms with van der Waals surface area (Å²) in [6, 6.07) is 12.5. The van der Waals surface area contributed by atoms with Gasteiger partial charge in [-0.1, -0.05) is 43.7 Å². The lowest BCUT2D eigenvalue weighted by molar-refractivity contribution is 0.459. The molecule has 0 spiro atoms. The van der Waals surface area contributed by atoms with E-state index >= 15 is 0 Å². The quantitative estimate of drug-likeness (QED) is 0.637. The molecular weight excluding hydrogens is 374 g/mol. The molecule has 2 aromatic carbocycles. The van der Waals surface area contributed by atoms with Gasteiger partial charge in [0.05, 0.1) is 16.0 Å². The number of benzene rings is 2. The van der Waals surface area contributed by atoms with E-state index in [0.717, 1.165) is 12.8 Å². The molecule has 3 aromatic rings. The van der Waals surface area contributed by atoms with Crippen LogP contribution in [0.4, 0.5) is 0 Å². The van der Waals surface area contributed by atoms with Gasteiger partial charge in [-0.2, -0.15) is 5.10 Å². The number of rotatable bonds is 6. The zero-order valence-corrected chi connectivity index (χ0v) is 17.5. The van der Waals surface area contributed by atoms with E-state index in [0.29, 0.717) is 34.1 Å². The second-order valence-electron chi connectivity index (χ2n) is 6.98. The van der Waals surface area contributed by atoms with Crippen molar-refractivity contribution in [1.82, 2.24) is 14.1 Å². The smallest absolute Gasteiger partial charge is 0.267 e. The van der Waals surface area contributed by atoms with Crippen LogP contribution in [0.15, 0.2) is 52.2 Å². The summed E-state index contributed by atoms with van der Waals surface area (Å²) >= 11 is 0. The van der Waals surface area contributed by atoms with Crippen molar-refractivity contribution in [2.24, 2.45) is 7.05 Å². The van der Waals surface area contributed by atoms with Gasteiger partial charge in [0.1, 0.15) is 0 Å². The number of sulfonamides is 1. The molecule has 0 bridgehead atoms. The Kier molecular flexibility index (Phi) is 5.67. The fourth-order valence-electron chi connectivity index (χ4n) is 3.21. The van der Waals surface area contributed by atoms with Gasteiger partial charge in [-0.25, -0.2) is 17.4 Å². The zero-order valence-electron chi connectivity index (χ0n) is 16.6. The van der Waals surface area contributed by atoms with Crippen molar-refractivity contribution in [3.05, 3.63) is 58.4 Å². The van der Waals surface area contributed by atoms with Crippen molar-refractivity contribution in [1.29, 1.82) is 0 Å². The van der Waals surface area contributed by atoms with Gasteiger partial charge in [-0.05, 0) is 31.0 Å². The van der Waals surface area contributed by atoms with Gasteiger partial charge in [0.25, 0.3) is 5.56 Å². The van der Waals surface area contributed by atoms with Crippen molar-refractivity contribution in [2.75, 3.05) is 13.6 Å². The monoisotopic (exact) mass is 399 g/mol. The molecule has 0 unspecified atom stereocenters. The van der Waals surface area contributed by atoms with Crippen LogP contribution in [0.5, 0.6) is 0 Å². The molecule has 3 rings (SSSR count). The van der Waals surface area contributed by atoms with Crippen molar-refractivity contribution in [3.8, 4) is 11.3 Å². The Morgan fingerprint density at radius 3 is 2.46 bits per heavy atom. The summed E-state index contributed by atoms with van der Waals surface area (Å²) in [6.45, 7) is 4.29. The van der Waals surface area contributed by atoms with Crippen molar-refractivity contribution >= 4 is 20.8 Å². The van der Waals surface area contributed by atoms with Crippen molar-refractivity contribution < 1.29 is 8.42 Å². The van der Waals surface area contributed by atoms with Gasteiger partial charge in [-0.15, -0.1) is 0 Å². The summed E-state index contributed by atoms with van der Waals surface area (Å²) < 4.78 is 28.8. The van der Waals surface area contributed by atoms with Gasteiger partial charge < -0.3 is 0 Å². The van der Waals surface area contributed by atoms with E-state index in [1.807, 2.05) is 25.1 Å². The fraction of sp³-hybridized carbons (Fsp3) is 0.333. The molecule has 0 saturated carbocycles. The number of aromatic nitrogens is 2. The highest BCUT2D eigenvalue weighted by atomic mass is 32.2. The Balaban J connectivity index is 2.20. The molecule has 0 N–H and O–H groups in total. The second kappa shape index (κ2) is 7.85. The maximum Gasteiger partial charge on any atom is 0.274 e. The van der Waals surface area contributed by atoms with Crippen LogP contribution in [0.25, 0.3) is 22.0 Å². The molecule has 1 aromatic heterocycles. The van der Waals surface area contributed by atoms with Gasteiger partial charge >= 0.3 is 0 Å². The van der Waals surface area contributed by atoms with Crippen LogP contribution in [0.1, 0.15) is 25.3 Å². The zero-order chi connectivity index (χ0) is 20.5. The minimum Gasteiger partial charge on any atom is -0.267 e. The third kappa shape index (κ3) is 3.59. The van der Waals surface area contributed by atoms with Gasteiger partial charge in [0.2, 0.25) is 10.0 Å². The molecule has 148 valence electrons. The Hall–Kier alpha value is -2.51. The molecule has 28 heavy (non-hydrogen) atoms. The van der Waals surface area contributed by atoms with E-state index in [4.69, 9.17) is 0 Å². The Labute approximate surface area is 165 Å². The van der Waals surface area contributed by atoms with Crippen LogP contribution >= 0.6 is 0 Å². The molecule has 0 aliphatic carbocycles. The van der Waals surface area contributed by atoms with Gasteiger partial charge in [0, 0.05) is 31.6 Å². The highest BCUT2D eigenvalue weighted by Gasteiger charge is 2.23. The first-order valence-corrected chi connectivity index (χ1v) is 10.7. The summed E-state index contributed by atoms with van der Waals surface area (Å²) in [5, 5.41) is 5.68. The lowest BCUT2D eigenvalue weighted by Gasteiger charge is -2.19. The third-order valence-corrected chi connectivity index (χ3v) is 6.93. The average molecular weight is 400 g/mol. The number of hydrogen-bond acceptors (Lipinski definition) is 4. The van der Waals surface area contributed by atoms with E-state index in [1.165, 1.54) is 8.99 Å². The standard InChI is InChI=1S/C21H25N3O3S/c1-5-6-13-23(3)28(26,27)19-14-16(12-11-15(19)2)20-17-9-7-8-10-18(17)21(25)24(4)22-20/h7-12,14H,5-6,13H2,1-4H3. The Morgan fingerprint density at radius 1 is 1.11 bits per heavy atom.